The fourth-order valence-corrected chi connectivity index (χ4v) is 4.79. The van der Waals surface area contributed by atoms with E-state index in [1.165, 1.54) is 12.1 Å². The largest absolute Gasteiger partial charge is 0.384 e. The van der Waals surface area contributed by atoms with Gasteiger partial charge in [-0.25, -0.2) is 4.39 Å². The highest BCUT2D eigenvalue weighted by atomic mass is 35.5. The normalized spacial score (nSPS) is 16.9. The Morgan fingerprint density at radius 3 is 2.51 bits per heavy atom. The number of carbonyl (C=O) groups excluding carboxylic acids is 1. The first kappa shape index (κ1) is 25.0. The zero-order valence-corrected chi connectivity index (χ0v) is 21.0. The summed E-state index contributed by atoms with van der Waals surface area (Å²) in [6, 6.07) is 12.9. The van der Waals surface area contributed by atoms with Crippen molar-refractivity contribution in [1.29, 1.82) is 0 Å². The van der Waals surface area contributed by atoms with Gasteiger partial charge in [-0.05, 0) is 30.3 Å². The van der Waals surface area contributed by atoms with Crippen molar-refractivity contribution in [1.82, 2.24) is 20.4 Å². The summed E-state index contributed by atoms with van der Waals surface area (Å²) in [5, 5.41) is 6.52. The van der Waals surface area contributed by atoms with Gasteiger partial charge in [0.25, 0.3) is 5.91 Å². The molecule has 0 aromatic heterocycles. The topological polar surface area (TPSA) is 76.9 Å². The lowest BCUT2D eigenvalue weighted by Gasteiger charge is -2.37. The van der Waals surface area contributed by atoms with Gasteiger partial charge in [0, 0.05) is 69.1 Å². The quantitative estimate of drug-likeness (QED) is 0.403. The highest BCUT2D eigenvalue weighted by Crippen LogP contribution is 2.30. The molecule has 0 atom stereocenters. The SMILES string of the molecule is CN/C(=C\C1=C(N)NCCN1Cc1c(Cl)ccc(F)c1Cl)C(=O)N1CCN(c2ccccc2)CC1. The van der Waals surface area contributed by atoms with Gasteiger partial charge in [-0.15, -0.1) is 0 Å². The third-order valence-electron chi connectivity index (χ3n) is 6.27. The lowest BCUT2D eigenvalue weighted by molar-refractivity contribution is -0.127. The van der Waals surface area contributed by atoms with E-state index in [0.29, 0.717) is 54.0 Å². The Kier molecular flexibility index (Phi) is 7.93. The Morgan fingerprint density at radius 2 is 1.83 bits per heavy atom. The third-order valence-corrected chi connectivity index (χ3v) is 7.03. The first-order valence-electron chi connectivity index (χ1n) is 11.5. The molecule has 0 saturated carbocycles. The summed E-state index contributed by atoms with van der Waals surface area (Å²) in [4.78, 5) is 19.4. The van der Waals surface area contributed by atoms with Crippen molar-refractivity contribution >= 4 is 34.8 Å². The molecule has 2 aromatic carbocycles. The summed E-state index contributed by atoms with van der Waals surface area (Å²) in [7, 11) is 1.71. The smallest absolute Gasteiger partial charge is 0.270 e. The molecule has 2 heterocycles. The second-order valence-corrected chi connectivity index (χ2v) is 9.18. The molecule has 2 aromatic rings. The maximum Gasteiger partial charge on any atom is 0.270 e. The summed E-state index contributed by atoms with van der Waals surface area (Å²) in [6.45, 7) is 4.15. The fourth-order valence-electron chi connectivity index (χ4n) is 4.30. The lowest BCUT2D eigenvalue weighted by Crippen LogP contribution is -2.50. The molecular weight excluding hydrogens is 490 g/mol. The molecule has 0 spiro atoms. The van der Waals surface area contributed by atoms with Crippen molar-refractivity contribution in [2.75, 3.05) is 51.2 Å². The van der Waals surface area contributed by atoms with E-state index >= 15 is 0 Å². The number of hydrogen-bond donors (Lipinski definition) is 3. The minimum absolute atomic E-state index is 0.0147. The fraction of sp³-hybridized carbons (Fsp3) is 0.320. The Balaban J connectivity index is 1.51. The summed E-state index contributed by atoms with van der Waals surface area (Å²) in [6.07, 6.45) is 1.73. The molecule has 1 fully saturated rings. The van der Waals surface area contributed by atoms with Gasteiger partial charge < -0.3 is 31.1 Å². The lowest BCUT2D eigenvalue weighted by atomic mass is 10.1. The summed E-state index contributed by atoms with van der Waals surface area (Å²) in [5.41, 5.74) is 8.94. The van der Waals surface area contributed by atoms with E-state index in [1.54, 1.807) is 13.1 Å². The monoisotopic (exact) mass is 518 g/mol. The summed E-state index contributed by atoms with van der Waals surface area (Å²) < 4.78 is 14.1. The van der Waals surface area contributed by atoms with Gasteiger partial charge in [0.15, 0.2) is 0 Å². The average molecular weight is 519 g/mol. The van der Waals surface area contributed by atoms with Crippen molar-refractivity contribution in [2.45, 2.75) is 6.54 Å². The number of amides is 1. The van der Waals surface area contributed by atoms with Crippen LogP contribution in [0.4, 0.5) is 10.1 Å². The number of benzene rings is 2. The molecule has 0 radical (unpaired) electrons. The van der Waals surface area contributed by atoms with Gasteiger partial charge in [-0.1, -0.05) is 41.4 Å². The molecule has 4 rings (SSSR count). The van der Waals surface area contributed by atoms with Gasteiger partial charge >= 0.3 is 0 Å². The molecule has 7 nitrogen and oxygen atoms in total. The van der Waals surface area contributed by atoms with Crippen LogP contribution in [-0.2, 0) is 11.3 Å². The Labute approximate surface area is 214 Å². The molecule has 10 heteroatoms. The maximum atomic E-state index is 14.1. The van der Waals surface area contributed by atoms with E-state index in [1.807, 2.05) is 28.0 Å². The molecule has 4 N–H and O–H groups in total. The van der Waals surface area contributed by atoms with Gasteiger partial charge in [-0.3, -0.25) is 4.79 Å². The second-order valence-electron chi connectivity index (χ2n) is 8.39. The number of anilines is 1. The molecule has 0 aliphatic carbocycles. The molecular formula is C25H29Cl2FN6O. The van der Waals surface area contributed by atoms with E-state index < -0.39 is 5.82 Å². The van der Waals surface area contributed by atoms with Crippen molar-refractivity contribution in [3.05, 3.63) is 87.2 Å². The first-order chi connectivity index (χ1) is 16.9. The summed E-state index contributed by atoms with van der Waals surface area (Å²) in [5.74, 6) is -0.210. The number of nitrogens with one attached hydrogen (secondary N) is 2. The van der Waals surface area contributed by atoms with Crippen LogP contribution >= 0.6 is 23.2 Å². The number of likely N-dealkylation sites (N-methyl/N-ethyl adjacent to an activating group) is 1. The van der Waals surface area contributed by atoms with Crippen molar-refractivity contribution in [3.8, 4) is 0 Å². The van der Waals surface area contributed by atoms with Crippen LogP contribution in [0.2, 0.25) is 10.0 Å². The van der Waals surface area contributed by atoms with Crippen LogP contribution in [0.15, 0.2) is 65.8 Å². The number of rotatable bonds is 6. The number of halogens is 3. The molecule has 1 saturated heterocycles. The Morgan fingerprint density at radius 1 is 1.11 bits per heavy atom. The van der Waals surface area contributed by atoms with Gasteiger partial charge in [0.1, 0.15) is 17.3 Å². The van der Waals surface area contributed by atoms with Gasteiger partial charge in [0.05, 0.1) is 10.7 Å². The van der Waals surface area contributed by atoms with Crippen molar-refractivity contribution in [2.24, 2.45) is 5.73 Å². The molecule has 35 heavy (non-hydrogen) atoms. The van der Waals surface area contributed by atoms with E-state index in [4.69, 9.17) is 28.9 Å². The standard InChI is InChI=1S/C25H29Cl2FN6O/c1-30-21(25(35)33-13-11-32(12-14-33)17-5-3-2-4-6-17)15-22-24(29)31-9-10-34(22)16-18-19(26)7-8-20(28)23(18)27/h2-8,15,30-31H,9-14,16,29H2,1H3/b21-15-. The summed E-state index contributed by atoms with van der Waals surface area (Å²) >= 11 is 12.5. The van der Waals surface area contributed by atoms with Crippen LogP contribution < -0.4 is 21.3 Å². The number of para-hydroxylation sites is 1. The van der Waals surface area contributed by atoms with E-state index in [-0.39, 0.29) is 17.5 Å². The highest BCUT2D eigenvalue weighted by molar-refractivity contribution is 6.36. The second kappa shape index (κ2) is 11.1. The van der Waals surface area contributed by atoms with Crippen LogP contribution in [0.1, 0.15) is 5.56 Å². The van der Waals surface area contributed by atoms with Gasteiger partial charge in [-0.2, -0.15) is 0 Å². The average Bonchev–Trinajstić information content (AvgIpc) is 2.89. The minimum atomic E-state index is -0.531. The molecule has 2 aliphatic heterocycles. The molecule has 0 bridgehead atoms. The van der Waals surface area contributed by atoms with Crippen LogP contribution in [0, 0.1) is 5.82 Å². The number of allylic oxidation sites excluding steroid dienone is 1. The minimum Gasteiger partial charge on any atom is -0.384 e. The number of carbonyl (C=O) groups is 1. The van der Waals surface area contributed by atoms with Crippen LogP contribution in [-0.4, -0.2) is 62.0 Å². The van der Waals surface area contributed by atoms with E-state index in [0.717, 1.165) is 18.8 Å². The maximum absolute atomic E-state index is 14.1. The number of piperazine rings is 1. The predicted octanol–water partition coefficient (Wildman–Crippen LogP) is 3.12. The number of nitrogens with two attached hydrogens (primary N) is 1. The zero-order chi connectivity index (χ0) is 24.9. The highest BCUT2D eigenvalue weighted by Gasteiger charge is 2.26. The molecule has 1 amide bonds. The van der Waals surface area contributed by atoms with Crippen LogP contribution in [0.25, 0.3) is 0 Å². The number of nitrogens with zero attached hydrogens (tertiary/aromatic N) is 3. The van der Waals surface area contributed by atoms with Crippen LogP contribution in [0.3, 0.4) is 0 Å². The molecule has 0 unspecified atom stereocenters. The molecule has 186 valence electrons. The van der Waals surface area contributed by atoms with Crippen molar-refractivity contribution < 1.29 is 9.18 Å². The van der Waals surface area contributed by atoms with E-state index in [2.05, 4.69) is 27.7 Å². The van der Waals surface area contributed by atoms with Crippen LogP contribution in [0.5, 0.6) is 0 Å². The first-order valence-corrected chi connectivity index (χ1v) is 12.2. The third kappa shape index (κ3) is 5.60. The van der Waals surface area contributed by atoms with Gasteiger partial charge in [0.2, 0.25) is 0 Å². The predicted molar refractivity (Wildman–Crippen MR) is 138 cm³/mol. The Bertz CT molecular complexity index is 1130. The Hall–Kier alpha value is -3.10. The number of hydrogen-bond acceptors (Lipinski definition) is 6. The van der Waals surface area contributed by atoms with E-state index in [9.17, 15) is 9.18 Å². The zero-order valence-electron chi connectivity index (χ0n) is 19.5. The molecule has 2 aliphatic rings. The van der Waals surface area contributed by atoms with Crippen molar-refractivity contribution in [3.63, 3.8) is 0 Å².